The van der Waals surface area contributed by atoms with E-state index < -0.39 is 0 Å². The van der Waals surface area contributed by atoms with Gasteiger partial charge in [-0.15, -0.1) is 11.6 Å². The largest absolute Gasteiger partial charge is 0.364 e. The van der Waals surface area contributed by atoms with E-state index in [4.69, 9.17) is 11.6 Å². The smallest absolute Gasteiger partial charge is 0.256 e. The average Bonchev–Trinajstić information content (AvgIpc) is 2.40. The Kier molecular flexibility index (Phi) is 5.60. The molecule has 0 unspecified atom stereocenters. The number of amides is 1. The molecule has 0 saturated carbocycles. The molecule has 2 N–H and O–H groups in total. The molecule has 0 saturated heterocycles. The summed E-state index contributed by atoms with van der Waals surface area (Å²) in [6, 6.07) is 1.42. The van der Waals surface area contributed by atoms with Crippen molar-refractivity contribution < 1.29 is 4.79 Å². The first kappa shape index (κ1) is 15.8. The summed E-state index contributed by atoms with van der Waals surface area (Å²) in [5.41, 5.74) is 0.507. The third-order valence-corrected chi connectivity index (χ3v) is 4.28. The number of H-pyrrole nitrogens is 1. The number of aryl methyl sites for hydroxylation is 1. The van der Waals surface area contributed by atoms with Gasteiger partial charge in [0.05, 0.1) is 0 Å². The maximum absolute atomic E-state index is 12.0. The lowest BCUT2D eigenvalue weighted by Gasteiger charge is -2.29. The highest BCUT2D eigenvalue weighted by atomic mass is 35.5. The lowest BCUT2D eigenvalue weighted by Crippen LogP contribution is -2.39. The number of nitrogens with one attached hydrogen (secondary N) is 2. The third kappa shape index (κ3) is 3.83. The molecule has 19 heavy (non-hydrogen) atoms. The molecule has 1 heterocycles. The number of rotatable bonds is 6. The van der Waals surface area contributed by atoms with E-state index in [1.807, 2.05) is 0 Å². The number of carbonyl (C=O) groups is 1. The number of hydrogen-bond acceptors (Lipinski definition) is 2. The minimum Gasteiger partial charge on any atom is -0.364 e. The van der Waals surface area contributed by atoms with Gasteiger partial charge in [-0.3, -0.25) is 9.59 Å². The van der Waals surface area contributed by atoms with Gasteiger partial charge in [-0.1, -0.05) is 13.8 Å². The highest BCUT2D eigenvalue weighted by Crippen LogP contribution is 2.26. The molecule has 0 aromatic carbocycles. The number of hydrogen-bond donors (Lipinski definition) is 2. The van der Waals surface area contributed by atoms with Gasteiger partial charge in [0.15, 0.2) is 5.43 Å². The van der Waals surface area contributed by atoms with Crippen LogP contribution in [0.5, 0.6) is 0 Å². The molecule has 0 aliphatic rings. The van der Waals surface area contributed by atoms with Crippen molar-refractivity contribution in [3.63, 3.8) is 0 Å². The zero-order chi connectivity index (χ0) is 14.5. The molecule has 1 aromatic rings. The minimum atomic E-state index is -0.349. The van der Waals surface area contributed by atoms with Crippen molar-refractivity contribution >= 4 is 17.5 Å². The maximum atomic E-state index is 12.0. The number of carbonyl (C=O) groups excluding carboxylic acids is 1. The van der Waals surface area contributed by atoms with Gasteiger partial charge in [0, 0.05) is 35.8 Å². The van der Waals surface area contributed by atoms with E-state index in [-0.39, 0.29) is 22.3 Å². The van der Waals surface area contributed by atoms with Gasteiger partial charge < -0.3 is 10.3 Å². The van der Waals surface area contributed by atoms with Gasteiger partial charge in [-0.05, 0) is 19.8 Å². The summed E-state index contributed by atoms with van der Waals surface area (Å²) in [6.45, 7) is 6.36. The lowest BCUT2D eigenvalue weighted by molar-refractivity contribution is 0.0930. The molecule has 5 heteroatoms. The fourth-order valence-electron chi connectivity index (χ4n) is 1.85. The molecule has 1 aromatic heterocycles. The van der Waals surface area contributed by atoms with E-state index in [1.165, 1.54) is 12.3 Å². The lowest BCUT2D eigenvalue weighted by atomic mass is 9.84. The molecule has 1 rings (SSSR count). The first-order valence-corrected chi connectivity index (χ1v) is 7.05. The van der Waals surface area contributed by atoms with Crippen molar-refractivity contribution in [2.75, 3.05) is 12.4 Å². The van der Waals surface area contributed by atoms with Gasteiger partial charge in [0.1, 0.15) is 5.56 Å². The molecule has 0 aliphatic heterocycles. The Morgan fingerprint density at radius 2 is 2.05 bits per heavy atom. The Labute approximate surface area is 118 Å². The molecule has 0 spiro atoms. The second-order valence-corrected chi connectivity index (χ2v) is 5.18. The Bertz CT molecular complexity index is 484. The molecule has 4 nitrogen and oxygen atoms in total. The SMILES string of the molecule is CCC(CC)(CCl)CNC(=O)c1c[nH]c(C)cc1=O. The summed E-state index contributed by atoms with van der Waals surface area (Å²) >= 11 is 5.99. The summed E-state index contributed by atoms with van der Waals surface area (Å²) in [7, 11) is 0. The van der Waals surface area contributed by atoms with E-state index in [0.717, 1.165) is 18.5 Å². The number of aromatic amines is 1. The molecule has 0 aliphatic carbocycles. The van der Waals surface area contributed by atoms with Crippen LogP contribution in [-0.2, 0) is 0 Å². The number of aromatic nitrogens is 1. The fraction of sp³-hybridized carbons (Fsp3) is 0.571. The van der Waals surface area contributed by atoms with Gasteiger partial charge in [-0.2, -0.15) is 0 Å². The van der Waals surface area contributed by atoms with Crippen molar-refractivity contribution in [2.24, 2.45) is 5.41 Å². The van der Waals surface area contributed by atoms with Crippen LogP contribution in [-0.4, -0.2) is 23.3 Å². The summed E-state index contributed by atoms with van der Waals surface area (Å²) in [5.74, 6) is 0.141. The standard InChI is InChI=1S/C14H21ClN2O2/c1-4-14(5-2,8-15)9-17-13(19)11-7-16-10(3)6-12(11)18/h6-7H,4-5,8-9H2,1-3H3,(H,16,18)(H,17,19). The fourth-order valence-corrected chi connectivity index (χ4v) is 2.32. The highest BCUT2D eigenvalue weighted by molar-refractivity contribution is 6.18. The van der Waals surface area contributed by atoms with Crippen LogP contribution < -0.4 is 10.7 Å². The summed E-state index contributed by atoms with van der Waals surface area (Å²) in [5, 5.41) is 2.81. The van der Waals surface area contributed by atoms with E-state index in [1.54, 1.807) is 6.92 Å². The Morgan fingerprint density at radius 3 is 2.53 bits per heavy atom. The number of halogens is 1. The summed E-state index contributed by atoms with van der Waals surface area (Å²) in [4.78, 5) is 26.6. The van der Waals surface area contributed by atoms with Crippen LogP contribution in [0.15, 0.2) is 17.1 Å². The molecule has 0 radical (unpaired) electrons. The molecule has 0 atom stereocenters. The van der Waals surface area contributed by atoms with Crippen molar-refractivity contribution in [1.82, 2.24) is 10.3 Å². The Hall–Kier alpha value is -1.29. The summed E-state index contributed by atoms with van der Waals surface area (Å²) < 4.78 is 0. The molecular weight excluding hydrogens is 264 g/mol. The summed E-state index contributed by atoms with van der Waals surface area (Å²) in [6.07, 6.45) is 3.22. The van der Waals surface area contributed by atoms with Crippen molar-refractivity contribution in [3.8, 4) is 0 Å². The van der Waals surface area contributed by atoms with Crippen LogP contribution in [0, 0.1) is 12.3 Å². The van der Waals surface area contributed by atoms with Crippen LogP contribution in [0.3, 0.4) is 0 Å². The zero-order valence-corrected chi connectivity index (χ0v) is 12.4. The van der Waals surface area contributed by atoms with Gasteiger partial charge >= 0.3 is 0 Å². The number of pyridine rings is 1. The molecule has 0 bridgehead atoms. The quantitative estimate of drug-likeness (QED) is 0.788. The maximum Gasteiger partial charge on any atom is 0.256 e. The second-order valence-electron chi connectivity index (χ2n) is 4.92. The second kappa shape index (κ2) is 6.75. The van der Waals surface area contributed by atoms with Crippen molar-refractivity contribution in [3.05, 3.63) is 33.7 Å². The predicted molar refractivity (Wildman–Crippen MR) is 77.9 cm³/mol. The van der Waals surface area contributed by atoms with Crippen LogP contribution in [0.4, 0.5) is 0 Å². The Balaban J connectivity index is 2.78. The monoisotopic (exact) mass is 284 g/mol. The van der Waals surface area contributed by atoms with E-state index in [9.17, 15) is 9.59 Å². The van der Waals surface area contributed by atoms with E-state index in [2.05, 4.69) is 24.1 Å². The Morgan fingerprint density at radius 1 is 1.42 bits per heavy atom. The third-order valence-electron chi connectivity index (χ3n) is 3.71. The van der Waals surface area contributed by atoms with E-state index in [0.29, 0.717) is 12.4 Å². The first-order chi connectivity index (χ1) is 8.98. The van der Waals surface area contributed by atoms with Gasteiger partial charge in [0.2, 0.25) is 0 Å². The highest BCUT2D eigenvalue weighted by Gasteiger charge is 2.26. The predicted octanol–water partition coefficient (Wildman–Crippen LogP) is 2.46. The van der Waals surface area contributed by atoms with Crippen molar-refractivity contribution in [2.45, 2.75) is 33.6 Å². The zero-order valence-electron chi connectivity index (χ0n) is 11.7. The van der Waals surface area contributed by atoms with Crippen molar-refractivity contribution in [1.29, 1.82) is 0 Å². The number of alkyl halides is 1. The van der Waals surface area contributed by atoms with Gasteiger partial charge in [0.25, 0.3) is 5.91 Å². The van der Waals surface area contributed by atoms with Gasteiger partial charge in [-0.25, -0.2) is 0 Å². The van der Waals surface area contributed by atoms with E-state index >= 15 is 0 Å². The molecule has 106 valence electrons. The molecular formula is C14H21ClN2O2. The van der Waals surface area contributed by atoms with Crippen LogP contribution in [0.1, 0.15) is 42.7 Å². The van der Waals surface area contributed by atoms with Crippen LogP contribution in [0.2, 0.25) is 0 Å². The average molecular weight is 285 g/mol. The molecule has 0 fully saturated rings. The normalized spacial score (nSPS) is 11.4. The molecule has 1 amide bonds. The first-order valence-electron chi connectivity index (χ1n) is 6.51. The topological polar surface area (TPSA) is 62.0 Å². The van der Waals surface area contributed by atoms with Crippen LogP contribution in [0.25, 0.3) is 0 Å². The van der Waals surface area contributed by atoms with Crippen LogP contribution >= 0.6 is 11.6 Å². The minimum absolute atomic E-state index is 0.103.